The first-order chi connectivity index (χ1) is 16.0. The Balaban J connectivity index is 1.50. The van der Waals surface area contributed by atoms with E-state index in [1.165, 1.54) is 10.1 Å². The van der Waals surface area contributed by atoms with Crippen LogP contribution in [0.1, 0.15) is 11.4 Å². The van der Waals surface area contributed by atoms with Crippen molar-refractivity contribution in [2.75, 3.05) is 56.7 Å². The number of nitrogens with one attached hydrogen (secondary N) is 2. The van der Waals surface area contributed by atoms with Crippen LogP contribution in [-0.2, 0) is 4.74 Å². The van der Waals surface area contributed by atoms with Gasteiger partial charge in [0.1, 0.15) is 5.82 Å². The third-order valence-corrected chi connectivity index (χ3v) is 6.29. The van der Waals surface area contributed by atoms with Gasteiger partial charge in [-0.2, -0.15) is 9.37 Å². The molecular weight excluding hydrogens is 456 g/mol. The van der Waals surface area contributed by atoms with Gasteiger partial charge >= 0.3 is 0 Å². The predicted octanol–water partition coefficient (Wildman–Crippen LogP) is 2.81. The Labute approximate surface area is 203 Å². The number of guanidine groups is 1. The summed E-state index contributed by atoms with van der Waals surface area (Å²) in [5.41, 5.74) is 1.79. The lowest BCUT2D eigenvalue weighted by Gasteiger charge is -2.36. The molecule has 1 fully saturated rings. The fourth-order valence-corrected chi connectivity index (χ4v) is 4.67. The quantitative estimate of drug-likeness (QED) is 0.245. The van der Waals surface area contributed by atoms with Crippen LogP contribution in [0.2, 0.25) is 0 Å². The largest absolute Gasteiger partial charge is 0.383 e. The van der Waals surface area contributed by atoms with E-state index in [1.807, 2.05) is 19.9 Å². The monoisotopic (exact) mass is 484 g/mol. The first-order valence-corrected chi connectivity index (χ1v) is 12.0. The Bertz CT molecular complexity index is 1120. The lowest BCUT2D eigenvalue weighted by atomic mass is 10.2. The zero-order valence-corrected chi connectivity index (χ0v) is 20.7. The van der Waals surface area contributed by atoms with E-state index in [2.05, 4.69) is 59.7 Å². The highest BCUT2D eigenvalue weighted by Crippen LogP contribution is 2.29. The zero-order chi connectivity index (χ0) is 23.2. The second-order valence-corrected chi connectivity index (χ2v) is 8.93. The van der Waals surface area contributed by atoms with Crippen molar-refractivity contribution in [1.82, 2.24) is 24.6 Å². The van der Waals surface area contributed by atoms with E-state index in [4.69, 9.17) is 21.3 Å². The zero-order valence-electron chi connectivity index (χ0n) is 19.0. The summed E-state index contributed by atoms with van der Waals surface area (Å²) >= 11 is 6.98. The summed E-state index contributed by atoms with van der Waals surface area (Å²) in [5.74, 6) is 2.20. The highest BCUT2D eigenvalue weighted by Gasteiger charge is 2.24. The summed E-state index contributed by atoms with van der Waals surface area (Å²) in [6, 6.07) is 10.3. The highest BCUT2D eigenvalue weighted by molar-refractivity contribution is 7.80. The molecule has 0 bridgehead atoms. The molecule has 0 spiro atoms. The number of aliphatic imine (C=N–C) groups is 1. The Kier molecular flexibility index (Phi) is 7.63. The number of aryl methyl sites for hydroxylation is 2. The van der Waals surface area contributed by atoms with Gasteiger partial charge in [0.2, 0.25) is 11.9 Å². The van der Waals surface area contributed by atoms with E-state index in [1.54, 1.807) is 18.6 Å². The number of benzene rings is 1. The topological polar surface area (TPSA) is 90.8 Å². The minimum Gasteiger partial charge on any atom is -0.383 e. The van der Waals surface area contributed by atoms with Crippen LogP contribution in [0.3, 0.4) is 0 Å². The molecule has 1 aromatic carbocycles. The van der Waals surface area contributed by atoms with Gasteiger partial charge in [-0.1, -0.05) is 12.1 Å². The van der Waals surface area contributed by atoms with Gasteiger partial charge in [-0.3, -0.25) is 5.32 Å². The molecule has 1 saturated heterocycles. The number of methoxy groups -OCH3 is 1. The van der Waals surface area contributed by atoms with Gasteiger partial charge in [-0.25, -0.2) is 9.97 Å². The van der Waals surface area contributed by atoms with Crippen molar-refractivity contribution < 1.29 is 4.74 Å². The third-order valence-electron chi connectivity index (χ3n) is 5.23. The fourth-order valence-electron chi connectivity index (χ4n) is 3.69. The number of nitrogens with zero attached hydrogens (tertiary/aromatic N) is 6. The van der Waals surface area contributed by atoms with Gasteiger partial charge in [0.15, 0.2) is 5.11 Å². The molecule has 4 rings (SSSR count). The number of hydrogen-bond acceptors (Lipinski definition) is 7. The van der Waals surface area contributed by atoms with Crippen LogP contribution in [0.5, 0.6) is 0 Å². The second kappa shape index (κ2) is 10.8. The Morgan fingerprint density at radius 1 is 1.15 bits per heavy atom. The summed E-state index contributed by atoms with van der Waals surface area (Å²) in [6.45, 7) is 8.23. The molecule has 1 aliphatic rings. The Morgan fingerprint density at radius 2 is 1.88 bits per heavy atom. The molecular formula is C22H28N8OS2. The van der Waals surface area contributed by atoms with Crippen LogP contribution in [0.4, 0.5) is 11.8 Å². The van der Waals surface area contributed by atoms with Crippen molar-refractivity contribution in [2.24, 2.45) is 4.99 Å². The Morgan fingerprint density at radius 3 is 2.61 bits per heavy atom. The number of piperazine rings is 1. The number of hydrogen-bond donors (Lipinski definition) is 2. The molecule has 0 aliphatic carbocycles. The van der Waals surface area contributed by atoms with Crippen LogP contribution in [0, 0.1) is 13.8 Å². The van der Waals surface area contributed by atoms with Crippen LogP contribution in [0.15, 0.2) is 35.3 Å². The molecule has 0 amide bonds. The van der Waals surface area contributed by atoms with Gasteiger partial charge in [-0.15, -0.1) is 0 Å². The average Bonchev–Trinajstić information content (AvgIpc) is 3.22. The molecule has 3 aromatic rings. The smallest absolute Gasteiger partial charge is 0.229 e. The van der Waals surface area contributed by atoms with Crippen LogP contribution < -0.4 is 15.5 Å². The van der Waals surface area contributed by atoms with Gasteiger partial charge in [0.05, 0.1) is 11.3 Å². The van der Waals surface area contributed by atoms with E-state index in [-0.39, 0.29) is 0 Å². The maximum atomic E-state index is 5.44. The molecule has 9 nitrogen and oxygen atoms in total. The molecule has 174 valence electrons. The van der Waals surface area contributed by atoms with Crippen molar-refractivity contribution in [3.05, 3.63) is 41.7 Å². The number of rotatable bonds is 5. The first-order valence-electron chi connectivity index (χ1n) is 10.8. The Hall–Kier alpha value is -2.89. The molecule has 2 N–H and O–H groups in total. The van der Waals surface area contributed by atoms with Crippen LogP contribution >= 0.6 is 23.8 Å². The number of fused-ring (bicyclic) bond motifs is 1. The molecule has 33 heavy (non-hydrogen) atoms. The lowest BCUT2D eigenvalue weighted by Crippen LogP contribution is -2.51. The summed E-state index contributed by atoms with van der Waals surface area (Å²) in [7, 11) is 1.66. The van der Waals surface area contributed by atoms with Crippen LogP contribution in [-0.4, -0.2) is 76.8 Å². The maximum Gasteiger partial charge on any atom is 0.229 e. The maximum absolute atomic E-state index is 5.44. The van der Waals surface area contributed by atoms with Gasteiger partial charge in [0.25, 0.3) is 0 Å². The molecule has 0 radical (unpaired) electrons. The van der Waals surface area contributed by atoms with E-state index in [9.17, 15) is 0 Å². The van der Waals surface area contributed by atoms with E-state index < -0.39 is 0 Å². The normalized spacial score (nSPS) is 14.6. The first kappa shape index (κ1) is 23.3. The molecule has 0 unspecified atom stereocenters. The lowest BCUT2D eigenvalue weighted by molar-refractivity contribution is 0.204. The predicted molar refractivity (Wildman–Crippen MR) is 138 cm³/mol. The van der Waals surface area contributed by atoms with Gasteiger partial charge in [0, 0.05) is 56.6 Å². The summed E-state index contributed by atoms with van der Waals surface area (Å²) in [4.78, 5) is 18.2. The SMILES string of the molecule is COCCNC(=S)/N=C(/Nc1nc(C)cc(C)n1)N1CCN(c2nsc3ccccc23)CC1. The molecule has 1 aliphatic heterocycles. The number of ether oxygens (including phenoxy) is 1. The number of anilines is 2. The number of thiocarbonyl (C=S) groups is 1. The standard InChI is InChI=1S/C22H28N8OS2/c1-15-14-16(2)25-20(24-15)26-21(27-22(32)23-8-13-31-3)30-11-9-29(10-12-30)19-17-6-4-5-7-18(17)33-28-19/h4-7,14H,8-13H2,1-3H3,(H2,23,24,25,26,27,32). The summed E-state index contributed by atoms with van der Waals surface area (Å²) < 4.78 is 11.0. The van der Waals surface area contributed by atoms with E-state index in [0.29, 0.717) is 30.2 Å². The molecule has 3 heterocycles. The third kappa shape index (κ3) is 5.92. The van der Waals surface area contributed by atoms with E-state index >= 15 is 0 Å². The summed E-state index contributed by atoms with van der Waals surface area (Å²) in [5, 5.41) is 8.00. The van der Waals surface area contributed by atoms with E-state index in [0.717, 1.165) is 43.4 Å². The number of aromatic nitrogens is 3. The van der Waals surface area contributed by atoms with Crippen molar-refractivity contribution >= 4 is 56.7 Å². The fraction of sp³-hybridized carbons (Fsp3) is 0.409. The van der Waals surface area contributed by atoms with Crippen molar-refractivity contribution in [1.29, 1.82) is 0 Å². The molecule has 0 atom stereocenters. The van der Waals surface area contributed by atoms with Crippen molar-refractivity contribution in [2.45, 2.75) is 13.8 Å². The van der Waals surface area contributed by atoms with Crippen LogP contribution in [0.25, 0.3) is 10.1 Å². The highest BCUT2D eigenvalue weighted by atomic mass is 32.1. The summed E-state index contributed by atoms with van der Waals surface area (Å²) in [6.07, 6.45) is 0. The average molecular weight is 485 g/mol. The van der Waals surface area contributed by atoms with Crippen molar-refractivity contribution in [3.63, 3.8) is 0 Å². The van der Waals surface area contributed by atoms with Crippen molar-refractivity contribution in [3.8, 4) is 0 Å². The minimum absolute atomic E-state index is 0.395. The van der Waals surface area contributed by atoms with Gasteiger partial charge in [-0.05, 0) is 55.8 Å². The minimum atomic E-state index is 0.395. The van der Waals surface area contributed by atoms with Gasteiger partial charge < -0.3 is 19.9 Å². The second-order valence-electron chi connectivity index (χ2n) is 7.74. The molecule has 0 saturated carbocycles. The molecule has 2 aromatic heterocycles. The molecule has 11 heteroatoms.